The maximum atomic E-state index is 4.15. The van der Waals surface area contributed by atoms with E-state index >= 15 is 0 Å². The van der Waals surface area contributed by atoms with Crippen molar-refractivity contribution in [3.63, 3.8) is 0 Å². The summed E-state index contributed by atoms with van der Waals surface area (Å²) in [6.07, 6.45) is 10.9. The van der Waals surface area contributed by atoms with E-state index in [-0.39, 0.29) is 0 Å². The normalized spacial score (nSPS) is 18.6. The summed E-state index contributed by atoms with van der Waals surface area (Å²) in [6.45, 7) is 0. The van der Waals surface area contributed by atoms with Gasteiger partial charge in [0.2, 0.25) is 0 Å². The van der Waals surface area contributed by atoms with E-state index in [9.17, 15) is 0 Å². The molecule has 0 N–H and O–H groups in total. The van der Waals surface area contributed by atoms with Crippen LogP contribution in [0.5, 0.6) is 0 Å². The Morgan fingerprint density at radius 1 is 0.824 bits per heavy atom. The van der Waals surface area contributed by atoms with E-state index in [0.717, 1.165) is 12.8 Å². The molecule has 0 radical (unpaired) electrons. The van der Waals surface area contributed by atoms with Crippen molar-refractivity contribution in [3.05, 3.63) is 75.8 Å². The minimum absolute atomic E-state index is 1.00. The molecule has 3 rings (SSSR count). The molecule has 0 spiro atoms. The van der Waals surface area contributed by atoms with Crippen LogP contribution in [0, 0.1) is 0 Å². The van der Waals surface area contributed by atoms with Gasteiger partial charge >= 0.3 is 110 Å². The van der Waals surface area contributed by atoms with Gasteiger partial charge in [-0.15, -0.1) is 0 Å². The Balaban J connectivity index is 2.10. The fourth-order valence-corrected chi connectivity index (χ4v) is 2.77. The average Bonchev–Trinajstić information content (AvgIpc) is 2.98. The Bertz CT molecular complexity index is 556. The first-order chi connectivity index (χ1) is 8.36. The van der Waals surface area contributed by atoms with Gasteiger partial charge in [-0.3, -0.25) is 0 Å². The first-order valence-electron chi connectivity index (χ1n) is 5.86. The number of allylic oxidation sites excluding steroid dienone is 8. The summed E-state index contributed by atoms with van der Waals surface area (Å²) >= 11 is 4.15. The van der Waals surface area contributed by atoms with Crippen LogP contribution in [0.25, 0.3) is 5.57 Å². The van der Waals surface area contributed by atoms with Crippen LogP contribution in [-0.4, -0.2) is 0 Å². The topological polar surface area (TPSA) is 0 Å². The molecule has 0 saturated carbocycles. The molecule has 2 aliphatic carbocycles. The zero-order valence-electron chi connectivity index (χ0n) is 9.46. The third-order valence-corrected chi connectivity index (χ3v) is 3.73. The number of hydrogen-bond donors (Lipinski definition) is 0. The van der Waals surface area contributed by atoms with Crippen molar-refractivity contribution in [2.24, 2.45) is 0 Å². The minimum atomic E-state index is 1.00. The van der Waals surface area contributed by atoms with E-state index < -0.39 is 0 Å². The zero-order chi connectivity index (χ0) is 11.7. The molecule has 85 valence electrons. The van der Waals surface area contributed by atoms with Crippen LogP contribution in [-0.2, 0) is 16.0 Å². The van der Waals surface area contributed by atoms with Crippen LogP contribution in [0.1, 0.15) is 18.4 Å². The monoisotopic (exact) mass is 261 g/mol. The van der Waals surface area contributed by atoms with Gasteiger partial charge in [-0.2, -0.15) is 0 Å². The number of rotatable bonds is 2. The SMILES string of the molecule is [Fe][C]1=C(C2=C(c3ccccc3)C=CC2)C=CC1. The molecule has 0 fully saturated rings. The molecule has 0 saturated heterocycles. The number of hydrogen-bond acceptors (Lipinski definition) is 0. The quantitative estimate of drug-likeness (QED) is 0.701. The third kappa shape index (κ3) is 1.97. The molecular weight excluding hydrogens is 248 g/mol. The van der Waals surface area contributed by atoms with Crippen molar-refractivity contribution in [1.29, 1.82) is 0 Å². The van der Waals surface area contributed by atoms with Gasteiger partial charge in [0.15, 0.2) is 0 Å². The standard InChI is InChI=1S/C16H13.Fe/c1-2-7-13(8-3-1)15-11-6-12-16(15)14-9-4-5-10-14;/h1-4,6-9,11H,5,12H2;. The van der Waals surface area contributed by atoms with E-state index in [1.54, 1.807) is 0 Å². The molecule has 0 nitrogen and oxygen atoms in total. The van der Waals surface area contributed by atoms with Gasteiger partial charge in [-0.25, -0.2) is 0 Å². The Morgan fingerprint density at radius 2 is 1.53 bits per heavy atom. The molecule has 0 aliphatic heterocycles. The van der Waals surface area contributed by atoms with E-state index in [4.69, 9.17) is 0 Å². The van der Waals surface area contributed by atoms with Crippen LogP contribution in [0.4, 0.5) is 0 Å². The fraction of sp³-hybridized carbons (Fsp3) is 0.125. The van der Waals surface area contributed by atoms with Gasteiger partial charge in [0.1, 0.15) is 0 Å². The predicted molar refractivity (Wildman–Crippen MR) is 67.9 cm³/mol. The van der Waals surface area contributed by atoms with E-state index in [1.165, 1.54) is 26.8 Å². The first kappa shape index (κ1) is 10.8. The molecule has 1 aromatic carbocycles. The molecule has 1 aromatic rings. The molecule has 1 heteroatoms. The van der Waals surface area contributed by atoms with Gasteiger partial charge < -0.3 is 0 Å². The first-order valence-corrected chi connectivity index (χ1v) is 6.41. The summed E-state index contributed by atoms with van der Waals surface area (Å²) in [6, 6.07) is 10.6. The van der Waals surface area contributed by atoms with Crippen LogP contribution in [0.2, 0.25) is 0 Å². The maximum absolute atomic E-state index is 4.15. The third-order valence-electron chi connectivity index (χ3n) is 3.20. The predicted octanol–water partition coefficient (Wildman–Crippen LogP) is 4.16. The second-order valence-electron chi connectivity index (χ2n) is 4.28. The van der Waals surface area contributed by atoms with E-state index in [0.29, 0.717) is 0 Å². The van der Waals surface area contributed by atoms with Crippen molar-refractivity contribution in [2.75, 3.05) is 0 Å². The summed E-state index contributed by atoms with van der Waals surface area (Å²) in [5.74, 6) is 0. The van der Waals surface area contributed by atoms with Crippen molar-refractivity contribution in [3.8, 4) is 0 Å². The van der Waals surface area contributed by atoms with Crippen molar-refractivity contribution >= 4 is 5.57 Å². The Kier molecular flexibility index (Phi) is 2.88. The summed E-state index contributed by atoms with van der Waals surface area (Å²) in [7, 11) is 0. The molecule has 0 aromatic heterocycles. The Hall–Kier alpha value is -1.30. The number of benzene rings is 1. The molecule has 0 amide bonds. The molecule has 0 bridgehead atoms. The molecule has 0 unspecified atom stereocenters. The van der Waals surface area contributed by atoms with Gasteiger partial charge in [0, 0.05) is 0 Å². The van der Waals surface area contributed by atoms with Crippen molar-refractivity contribution in [2.45, 2.75) is 12.8 Å². The zero-order valence-corrected chi connectivity index (χ0v) is 10.6. The Morgan fingerprint density at radius 3 is 2.24 bits per heavy atom. The average molecular weight is 261 g/mol. The van der Waals surface area contributed by atoms with Crippen LogP contribution < -0.4 is 0 Å². The van der Waals surface area contributed by atoms with Gasteiger partial charge in [0.25, 0.3) is 0 Å². The van der Waals surface area contributed by atoms with E-state index in [1.807, 2.05) is 0 Å². The van der Waals surface area contributed by atoms with Crippen LogP contribution in [0.15, 0.2) is 70.3 Å². The molecule has 0 heterocycles. The molecule has 0 atom stereocenters. The van der Waals surface area contributed by atoms with Crippen molar-refractivity contribution in [1.82, 2.24) is 0 Å². The van der Waals surface area contributed by atoms with Crippen LogP contribution in [0.3, 0.4) is 0 Å². The van der Waals surface area contributed by atoms with Crippen LogP contribution >= 0.6 is 0 Å². The summed E-state index contributed by atoms with van der Waals surface area (Å²) in [5, 5.41) is 0. The summed E-state index contributed by atoms with van der Waals surface area (Å²) < 4.78 is 1.25. The molecular formula is C16H13Fe. The second-order valence-corrected chi connectivity index (χ2v) is 4.94. The van der Waals surface area contributed by atoms with Crippen molar-refractivity contribution < 1.29 is 16.0 Å². The van der Waals surface area contributed by atoms with Gasteiger partial charge in [0.05, 0.1) is 0 Å². The molecule has 17 heavy (non-hydrogen) atoms. The Labute approximate surface area is 110 Å². The summed E-state index contributed by atoms with van der Waals surface area (Å²) in [4.78, 5) is 0. The molecule has 2 aliphatic rings. The summed E-state index contributed by atoms with van der Waals surface area (Å²) in [5.41, 5.74) is 5.42. The second kappa shape index (κ2) is 4.52. The van der Waals surface area contributed by atoms with Gasteiger partial charge in [-0.1, -0.05) is 0 Å². The van der Waals surface area contributed by atoms with Gasteiger partial charge in [-0.05, 0) is 0 Å². The van der Waals surface area contributed by atoms with E-state index in [2.05, 4.69) is 70.6 Å². The fourth-order valence-electron chi connectivity index (χ4n) is 2.38.